The van der Waals surface area contributed by atoms with Gasteiger partial charge in [-0.2, -0.15) is 0 Å². The van der Waals surface area contributed by atoms with Crippen molar-refractivity contribution < 1.29 is 4.74 Å². The third-order valence-corrected chi connectivity index (χ3v) is 3.29. The van der Waals surface area contributed by atoms with Crippen molar-refractivity contribution in [1.82, 2.24) is 10.2 Å². The third kappa shape index (κ3) is 5.36. The van der Waals surface area contributed by atoms with Crippen LogP contribution in [0.1, 0.15) is 47.5 Å². The van der Waals surface area contributed by atoms with Gasteiger partial charge in [0.05, 0.1) is 11.7 Å². The van der Waals surface area contributed by atoms with Crippen molar-refractivity contribution in [1.29, 1.82) is 0 Å². The summed E-state index contributed by atoms with van der Waals surface area (Å²) in [5.74, 6) is 0. The Morgan fingerprint density at radius 2 is 2.12 bits per heavy atom. The molecule has 1 N–H and O–H groups in total. The van der Waals surface area contributed by atoms with Gasteiger partial charge in [0.25, 0.3) is 0 Å². The highest BCUT2D eigenvalue weighted by Gasteiger charge is 2.31. The van der Waals surface area contributed by atoms with Gasteiger partial charge in [-0.25, -0.2) is 0 Å². The molecule has 0 amide bonds. The molecule has 0 aliphatic carbocycles. The summed E-state index contributed by atoms with van der Waals surface area (Å²) in [5.41, 5.74) is 0.000709. The minimum Gasteiger partial charge on any atom is -0.370 e. The van der Waals surface area contributed by atoms with Gasteiger partial charge in [-0.05, 0) is 40.2 Å². The Morgan fingerprint density at radius 3 is 2.65 bits per heavy atom. The molecule has 0 saturated carbocycles. The van der Waals surface area contributed by atoms with Crippen molar-refractivity contribution in [3.05, 3.63) is 0 Å². The van der Waals surface area contributed by atoms with Gasteiger partial charge >= 0.3 is 0 Å². The quantitative estimate of drug-likeness (QED) is 0.773. The molecule has 1 aliphatic rings. The highest BCUT2D eigenvalue weighted by molar-refractivity contribution is 4.84. The van der Waals surface area contributed by atoms with Gasteiger partial charge < -0.3 is 10.1 Å². The minimum atomic E-state index is 0.000709. The first-order valence-corrected chi connectivity index (χ1v) is 7.10. The van der Waals surface area contributed by atoms with E-state index in [0.717, 1.165) is 26.2 Å². The number of nitrogens with zero attached hydrogens (tertiary/aromatic N) is 1. The SMILES string of the molecule is CCCNC(CC)CN1CC(C)OC(C)(C)C1. The number of morpholine rings is 1. The Hall–Kier alpha value is -0.120. The summed E-state index contributed by atoms with van der Waals surface area (Å²) in [6, 6.07) is 0.621. The Balaban J connectivity index is 2.43. The molecule has 3 heteroatoms. The Bertz CT molecular complexity index is 218. The number of ether oxygens (including phenoxy) is 1. The molecule has 1 fully saturated rings. The molecule has 102 valence electrons. The predicted molar refractivity (Wildman–Crippen MR) is 73.4 cm³/mol. The molecule has 1 aliphatic heterocycles. The van der Waals surface area contributed by atoms with Gasteiger partial charge in [-0.1, -0.05) is 13.8 Å². The second-order valence-corrected chi connectivity index (χ2v) is 5.94. The maximum absolute atomic E-state index is 5.94. The number of nitrogens with one attached hydrogen (secondary N) is 1. The fourth-order valence-electron chi connectivity index (χ4n) is 2.72. The first-order valence-electron chi connectivity index (χ1n) is 7.10. The fourth-order valence-corrected chi connectivity index (χ4v) is 2.72. The lowest BCUT2D eigenvalue weighted by molar-refractivity contribution is -0.129. The van der Waals surface area contributed by atoms with E-state index in [-0.39, 0.29) is 5.60 Å². The molecule has 17 heavy (non-hydrogen) atoms. The Morgan fingerprint density at radius 1 is 1.41 bits per heavy atom. The fraction of sp³-hybridized carbons (Fsp3) is 1.00. The van der Waals surface area contributed by atoms with Crippen molar-refractivity contribution in [2.24, 2.45) is 0 Å². The zero-order valence-electron chi connectivity index (χ0n) is 12.3. The van der Waals surface area contributed by atoms with Gasteiger partial charge in [-0.15, -0.1) is 0 Å². The zero-order valence-corrected chi connectivity index (χ0v) is 12.3. The number of hydrogen-bond donors (Lipinski definition) is 1. The highest BCUT2D eigenvalue weighted by Crippen LogP contribution is 2.20. The second kappa shape index (κ2) is 6.72. The average molecular weight is 242 g/mol. The van der Waals surface area contributed by atoms with Crippen molar-refractivity contribution in [3.63, 3.8) is 0 Å². The van der Waals surface area contributed by atoms with Crippen LogP contribution in [-0.2, 0) is 4.74 Å². The molecule has 1 saturated heterocycles. The van der Waals surface area contributed by atoms with Crippen molar-refractivity contribution in [2.75, 3.05) is 26.2 Å². The van der Waals surface area contributed by atoms with Crippen LogP contribution in [0.3, 0.4) is 0 Å². The molecular formula is C14H30N2O. The van der Waals surface area contributed by atoms with Crippen molar-refractivity contribution in [2.45, 2.75) is 65.2 Å². The molecule has 0 aromatic carbocycles. The van der Waals surface area contributed by atoms with E-state index in [9.17, 15) is 0 Å². The third-order valence-electron chi connectivity index (χ3n) is 3.29. The molecule has 0 bridgehead atoms. The van der Waals surface area contributed by atoms with E-state index in [1.54, 1.807) is 0 Å². The topological polar surface area (TPSA) is 24.5 Å². The van der Waals surface area contributed by atoms with E-state index in [1.165, 1.54) is 12.8 Å². The summed E-state index contributed by atoms with van der Waals surface area (Å²) in [7, 11) is 0. The van der Waals surface area contributed by atoms with E-state index < -0.39 is 0 Å². The normalized spacial score (nSPS) is 27.0. The molecule has 0 aromatic rings. The van der Waals surface area contributed by atoms with Crippen LogP contribution in [0.2, 0.25) is 0 Å². The van der Waals surface area contributed by atoms with E-state index in [2.05, 4.69) is 44.8 Å². The highest BCUT2D eigenvalue weighted by atomic mass is 16.5. The molecule has 0 aromatic heterocycles. The second-order valence-electron chi connectivity index (χ2n) is 5.94. The lowest BCUT2D eigenvalue weighted by Crippen LogP contribution is -2.54. The Labute approximate surface area is 107 Å². The molecule has 2 unspecified atom stereocenters. The first-order chi connectivity index (χ1) is 7.96. The largest absolute Gasteiger partial charge is 0.370 e. The van der Waals surface area contributed by atoms with Gasteiger partial charge in [0.1, 0.15) is 0 Å². The average Bonchev–Trinajstić information content (AvgIpc) is 2.21. The summed E-state index contributed by atoms with van der Waals surface area (Å²) >= 11 is 0. The lowest BCUT2D eigenvalue weighted by Gasteiger charge is -2.43. The van der Waals surface area contributed by atoms with Gasteiger partial charge in [-0.3, -0.25) is 4.90 Å². The van der Waals surface area contributed by atoms with Crippen LogP contribution in [0, 0.1) is 0 Å². The van der Waals surface area contributed by atoms with Crippen LogP contribution in [0.25, 0.3) is 0 Å². The molecule has 0 radical (unpaired) electrons. The number of hydrogen-bond acceptors (Lipinski definition) is 3. The predicted octanol–water partition coefficient (Wildman–Crippen LogP) is 2.26. The summed E-state index contributed by atoms with van der Waals surface area (Å²) in [6.07, 6.45) is 2.76. The molecule has 1 rings (SSSR count). The lowest BCUT2D eigenvalue weighted by atomic mass is 10.0. The maximum Gasteiger partial charge on any atom is 0.0757 e. The van der Waals surface area contributed by atoms with E-state index in [1.807, 2.05) is 0 Å². The summed E-state index contributed by atoms with van der Waals surface area (Å²) in [6.45, 7) is 15.4. The summed E-state index contributed by atoms with van der Waals surface area (Å²) in [5, 5.41) is 3.63. The van der Waals surface area contributed by atoms with Gasteiger partial charge in [0, 0.05) is 25.7 Å². The molecular weight excluding hydrogens is 212 g/mol. The minimum absolute atomic E-state index is 0.000709. The Kier molecular flexibility index (Phi) is 5.90. The molecule has 0 spiro atoms. The number of rotatable bonds is 6. The maximum atomic E-state index is 5.94. The molecule has 1 heterocycles. The van der Waals surface area contributed by atoms with Crippen LogP contribution in [-0.4, -0.2) is 48.8 Å². The van der Waals surface area contributed by atoms with Crippen LogP contribution in [0.15, 0.2) is 0 Å². The van der Waals surface area contributed by atoms with Crippen LogP contribution >= 0.6 is 0 Å². The molecule has 2 atom stereocenters. The van der Waals surface area contributed by atoms with E-state index >= 15 is 0 Å². The monoisotopic (exact) mass is 242 g/mol. The first kappa shape index (κ1) is 14.9. The van der Waals surface area contributed by atoms with Crippen molar-refractivity contribution >= 4 is 0 Å². The smallest absolute Gasteiger partial charge is 0.0757 e. The van der Waals surface area contributed by atoms with Gasteiger partial charge in [0.2, 0.25) is 0 Å². The van der Waals surface area contributed by atoms with Crippen molar-refractivity contribution in [3.8, 4) is 0 Å². The molecule has 3 nitrogen and oxygen atoms in total. The zero-order chi connectivity index (χ0) is 12.9. The van der Waals surface area contributed by atoms with Crippen LogP contribution in [0.4, 0.5) is 0 Å². The van der Waals surface area contributed by atoms with Gasteiger partial charge in [0.15, 0.2) is 0 Å². The van der Waals surface area contributed by atoms with Crippen LogP contribution < -0.4 is 5.32 Å². The standard InChI is InChI=1S/C14H30N2O/c1-6-8-15-13(7-2)10-16-9-12(3)17-14(4,5)11-16/h12-13,15H,6-11H2,1-5H3. The summed E-state index contributed by atoms with van der Waals surface area (Å²) < 4.78 is 5.94. The van der Waals surface area contributed by atoms with E-state index in [4.69, 9.17) is 4.74 Å². The summed E-state index contributed by atoms with van der Waals surface area (Å²) in [4.78, 5) is 2.55. The van der Waals surface area contributed by atoms with Crippen LogP contribution in [0.5, 0.6) is 0 Å². The van der Waals surface area contributed by atoms with E-state index in [0.29, 0.717) is 12.1 Å².